The number of hydrogen-bond donors (Lipinski definition) is 4. The molecule has 2 aliphatic heterocycles. The molecular formula is C28H35N3O6. The van der Waals surface area contributed by atoms with Crippen LogP contribution in [0.2, 0.25) is 0 Å². The highest BCUT2D eigenvalue weighted by atomic mass is 16.6. The van der Waals surface area contributed by atoms with Crippen LogP contribution in [0.15, 0.2) is 42.5 Å². The Morgan fingerprint density at radius 2 is 1.89 bits per heavy atom. The number of rotatable bonds is 8. The summed E-state index contributed by atoms with van der Waals surface area (Å²) in [6.45, 7) is 0.211. The minimum atomic E-state index is -0.535. The summed E-state index contributed by atoms with van der Waals surface area (Å²) in [6, 6.07) is 13.2. The molecule has 3 aliphatic rings. The highest BCUT2D eigenvalue weighted by molar-refractivity contribution is 5.89. The normalized spacial score (nSPS) is 24.5. The first-order valence-corrected chi connectivity index (χ1v) is 13.1. The van der Waals surface area contributed by atoms with Crippen LogP contribution < -0.4 is 25.4 Å². The number of amides is 3. The zero-order valence-electron chi connectivity index (χ0n) is 21.1. The van der Waals surface area contributed by atoms with Crippen molar-refractivity contribution in [2.24, 2.45) is 0 Å². The Labute approximate surface area is 216 Å². The fourth-order valence-corrected chi connectivity index (χ4v) is 5.61. The molecule has 5 rings (SSSR count). The molecule has 198 valence electrons. The van der Waals surface area contributed by atoms with Crippen molar-refractivity contribution in [1.82, 2.24) is 10.6 Å². The Bertz CT molecular complexity index is 1100. The molecule has 1 aliphatic carbocycles. The first-order valence-electron chi connectivity index (χ1n) is 13.1. The second-order valence-electron chi connectivity index (χ2n) is 10.1. The highest BCUT2D eigenvalue weighted by Gasteiger charge is 2.46. The lowest BCUT2D eigenvalue weighted by Crippen LogP contribution is -2.47. The SMILES string of the molecule is COc1ccc(CNC(=O)C[C@H]2C[C@H]3c4cc(NC(=O)NC5CCCC5)ccc4O[C@H]3[C@@H](CO)O2)cc1. The van der Waals surface area contributed by atoms with Crippen LogP contribution in [0.1, 0.15) is 55.6 Å². The van der Waals surface area contributed by atoms with Gasteiger partial charge in [0.25, 0.3) is 0 Å². The van der Waals surface area contributed by atoms with Gasteiger partial charge in [-0.2, -0.15) is 0 Å². The number of benzene rings is 2. The maximum atomic E-state index is 12.7. The van der Waals surface area contributed by atoms with Gasteiger partial charge in [-0.15, -0.1) is 0 Å². The average Bonchev–Trinajstić information content (AvgIpc) is 3.55. The van der Waals surface area contributed by atoms with Gasteiger partial charge in [0.1, 0.15) is 23.7 Å². The quantitative estimate of drug-likeness (QED) is 0.433. The van der Waals surface area contributed by atoms with Gasteiger partial charge in [0.15, 0.2) is 0 Å². The van der Waals surface area contributed by atoms with Crippen LogP contribution in [0.4, 0.5) is 10.5 Å². The smallest absolute Gasteiger partial charge is 0.319 e. The second-order valence-corrected chi connectivity index (χ2v) is 10.1. The third-order valence-corrected chi connectivity index (χ3v) is 7.51. The van der Waals surface area contributed by atoms with Crippen LogP contribution in [0.3, 0.4) is 0 Å². The standard InChI is InChI=1S/C28H35N3O6/c1-35-20-9-6-17(7-10-20)15-29-26(33)14-21-13-23-22-12-19(31-28(34)30-18-4-2-3-5-18)8-11-24(22)37-27(23)25(16-32)36-21/h6-12,18,21,23,25,27,32H,2-5,13-16H2,1H3,(H,29,33)(H2,30,31,34)/t21-,23+,25-,27-/m1/s1. The Morgan fingerprint density at radius 3 is 2.62 bits per heavy atom. The number of fused-ring (bicyclic) bond motifs is 3. The molecule has 2 aromatic carbocycles. The van der Waals surface area contributed by atoms with E-state index in [0.717, 1.165) is 48.3 Å². The molecule has 0 aromatic heterocycles. The van der Waals surface area contributed by atoms with Crippen LogP contribution in [0.5, 0.6) is 11.5 Å². The number of hydrogen-bond acceptors (Lipinski definition) is 6. The number of nitrogens with one attached hydrogen (secondary N) is 3. The summed E-state index contributed by atoms with van der Waals surface area (Å²) in [4.78, 5) is 25.2. The zero-order chi connectivity index (χ0) is 25.8. The molecule has 4 N–H and O–H groups in total. The Hall–Kier alpha value is -3.30. The number of carbonyl (C=O) groups excluding carboxylic acids is 2. The molecule has 1 saturated heterocycles. The number of methoxy groups -OCH3 is 1. The maximum absolute atomic E-state index is 12.7. The van der Waals surface area contributed by atoms with E-state index in [9.17, 15) is 14.7 Å². The van der Waals surface area contributed by atoms with E-state index in [1.807, 2.05) is 42.5 Å². The lowest BCUT2D eigenvalue weighted by Gasteiger charge is -2.37. The number of urea groups is 1. The molecule has 0 radical (unpaired) electrons. The van der Waals surface area contributed by atoms with Crippen molar-refractivity contribution in [3.63, 3.8) is 0 Å². The number of carbonyl (C=O) groups is 2. The summed E-state index contributed by atoms with van der Waals surface area (Å²) in [7, 11) is 1.62. The predicted molar refractivity (Wildman–Crippen MR) is 138 cm³/mol. The number of aliphatic hydroxyl groups excluding tert-OH is 1. The molecule has 0 spiro atoms. The van der Waals surface area contributed by atoms with Crippen molar-refractivity contribution in [2.75, 3.05) is 19.0 Å². The van der Waals surface area contributed by atoms with E-state index in [4.69, 9.17) is 14.2 Å². The fraction of sp³-hybridized carbons (Fsp3) is 0.500. The van der Waals surface area contributed by atoms with Crippen LogP contribution in [-0.4, -0.2) is 55.1 Å². The first-order chi connectivity index (χ1) is 18.0. The largest absolute Gasteiger partial charge is 0.497 e. The minimum Gasteiger partial charge on any atom is -0.497 e. The molecule has 9 nitrogen and oxygen atoms in total. The van der Waals surface area contributed by atoms with E-state index < -0.39 is 6.10 Å². The molecule has 9 heteroatoms. The van der Waals surface area contributed by atoms with E-state index >= 15 is 0 Å². The molecule has 3 amide bonds. The van der Waals surface area contributed by atoms with E-state index in [0.29, 0.717) is 18.7 Å². The Kier molecular flexibility index (Phi) is 7.81. The van der Waals surface area contributed by atoms with Gasteiger partial charge in [0.2, 0.25) is 5.91 Å². The van der Waals surface area contributed by atoms with Crippen LogP contribution >= 0.6 is 0 Å². The maximum Gasteiger partial charge on any atom is 0.319 e. The summed E-state index contributed by atoms with van der Waals surface area (Å²) in [5, 5.41) is 18.9. The minimum absolute atomic E-state index is 0.0417. The van der Waals surface area contributed by atoms with Crippen LogP contribution in [0, 0.1) is 0 Å². The molecular weight excluding hydrogens is 474 g/mol. The second kappa shape index (κ2) is 11.4. The zero-order valence-corrected chi connectivity index (χ0v) is 21.1. The lowest BCUT2D eigenvalue weighted by atomic mass is 9.84. The molecule has 0 unspecified atom stereocenters. The van der Waals surface area contributed by atoms with Crippen LogP contribution in [0.25, 0.3) is 0 Å². The van der Waals surface area contributed by atoms with Gasteiger partial charge in [-0.1, -0.05) is 25.0 Å². The summed E-state index contributed by atoms with van der Waals surface area (Å²) in [5.74, 6) is 1.33. The Morgan fingerprint density at radius 1 is 1.11 bits per heavy atom. The third-order valence-electron chi connectivity index (χ3n) is 7.51. The van der Waals surface area contributed by atoms with Crippen molar-refractivity contribution in [3.05, 3.63) is 53.6 Å². The van der Waals surface area contributed by atoms with E-state index in [-0.39, 0.29) is 49.1 Å². The number of aliphatic hydroxyl groups is 1. The third kappa shape index (κ3) is 5.99. The molecule has 1 saturated carbocycles. The molecule has 2 heterocycles. The van der Waals surface area contributed by atoms with E-state index in [1.54, 1.807) is 7.11 Å². The monoisotopic (exact) mass is 509 g/mol. The molecule has 0 bridgehead atoms. The van der Waals surface area contributed by atoms with Crippen molar-refractivity contribution in [1.29, 1.82) is 0 Å². The summed E-state index contributed by atoms with van der Waals surface area (Å²) >= 11 is 0. The fourth-order valence-electron chi connectivity index (χ4n) is 5.61. The number of anilines is 1. The van der Waals surface area contributed by atoms with Gasteiger partial charge >= 0.3 is 6.03 Å². The highest BCUT2D eigenvalue weighted by Crippen LogP contribution is 2.47. The van der Waals surface area contributed by atoms with Gasteiger partial charge in [0.05, 0.1) is 26.2 Å². The molecule has 2 fully saturated rings. The van der Waals surface area contributed by atoms with Crippen molar-refractivity contribution < 1.29 is 28.9 Å². The molecule has 37 heavy (non-hydrogen) atoms. The van der Waals surface area contributed by atoms with Crippen molar-refractivity contribution in [3.8, 4) is 11.5 Å². The average molecular weight is 510 g/mol. The van der Waals surface area contributed by atoms with Crippen molar-refractivity contribution in [2.45, 2.75) is 75.3 Å². The van der Waals surface area contributed by atoms with E-state index in [2.05, 4.69) is 16.0 Å². The first kappa shape index (κ1) is 25.4. The summed E-state index contributed by atoms with van der Waals surface area (Å²) in [5.41, 5.74) is 2.63. The van der Waals surface area contributed by atoms with Gasteiger partial charge < -0.3 is 35.3 Å². The van der Waals surface area contributed by atoms with Gasteiger partial charge in [-0.05, 0) is 55.2 Å². The van der Waals surface area contributed by atoms with E-state index in [1.165, 1.54) is 0 Å². The van der Waals surface area contributed by atoms with Crippen molar-refractivity contribution >= 4 is 17.6 Å². The topological polar surface area (TPSA) is 118 Å². The van der Waals surface area contributed by atoms with Gasteiger partial charge in [0, 0.05) is 29.8 Å². The van der Waals surface area contributed by atoms with Gasteiger partial charge in [-0.25, -0.2) is 4.79 Å². The summed E-state index contributed by atoms with van der Waals surface area (Å²) in [6.07, 6.45) is 3.90. The molecule has 2 aromatic rings. The summed E-state index contributed by atoms with van der Waals surface area (Å²) < 4.78 is 17.4. The lowest BCUT2D eigenvalue weighted by molar-refractivity contribution is -0.142. The predicted octanol–water partition coefficient (Wildman–Crippen LogP) is 3.46. The molecule has 4 atom stereocenters. The van der Waals surface area contributed by atoms with Crippen LogP contribution in [-0.2, 0) is 16.1 Å². The Balaban J connectivity index is 1.20. The van der Waals surface area contributed by atoms with Gasteiger partial charge in [-0.3, -0.25) is 4.79 Å². The number of ether oxygens (including phenoxy) is 3.